The fourth-order valence-electron chi connectivity index (χ4n) is 5.01. The van der Waals surface area contributed by atoms with Crippen LogP contribution in [0.3, 0.4) is 0 Å². The van der Waals surface area contributed by atoms with Gasteiger partial charge in [-0.05, 0) is 48.2 Å². The molecule has 0 aliphatic carbocycles. The Balaban J connectivity index is 1.51. The van der Waals surface area contributed by atoms with Crippen LogP contribution in [-0.4, -0.2) is 36.2 Å². The summed E-state index contributed by atoms with van der Waals surface area (Å²) in [4.78, 5) is 31.8. The molecule has 5 rings (SSSR count). The molecule has 4 aromatic rings. The lowest BCUT2D eigenvalue weighted by molar-refractivity contribution is -0.116. The van der Waals surface area contributed by atoms with Gasteiger partial charge in [0.15, 0.2) is 11.5 Å². The van der Waals surface area contributed by atoms with Crippen molar-refractivity contribution in [2.45, 2.75) is 32.2 Å². The summed E-state index contributed by atoms with van der Waals surface area (Å²) in [5, 5.41) is 0. The maximum Gasteiger partial charge on any atom is 0.350 e. The molecule has 0 saturated heterocycles. The molecule has 8 heteroatoms. The highest BCUT2D eigenvalue weighted by Gasteiger charge is 2.25. The number of hydrogen-bond acceptors (Lipinski definition) is 6. The molecule has 1 aliphatic heterocycles. The second-order valence-electron chi connectivity index (χ2n) is 8.99. The second-order valence-corrected chi connectivity index (χ2v) is 8.99. The minimum Gasteiger partial charge on any atom is -0.493 e. The van der Waals surface area contributed by atoms with Gasteiger partial charge in [0.1, 0.15) is 11.6 Å². The smallest absolute Gasteiger partial charge is 0.350 e. The number of fused-ring (bicyclic) bond motifs is 3. The summed E-state index contributed by atoms with van der Waals surface area (Å²) in [5.41, 5.74) is 3.32. The average molecular weight is 500 g/mol. The quantitative estimate of drug-likeness (QED) is 0.351. The molecule has 3 heterocycles. The van der Waals surface area contributed by atoms with Crippen LogP contribution in [0.1, 0.15) is 36.1 Å². The second kappa shape index (κ2) is 10.3. The van der Waals surface area contributed by atoms with Crippen LogP contribution < -0.4 is 20.1 Å². The van der Waals surface area contributed by atoms with Crippen molar-refractivity contribution in [2.24, 2.45) is 0 Å². The topological polar surface area (TPSA) is 86.8 Å². The van der Waals surface area contributed by atoms with Crippen molar-refractivity contribution in [3.8, 4) is 22.8 Å². The van der Waals surface area contributed by atoms with Gasteiger partial charge >= 0.3 is 5.69 Å². The van der Waals surface area contributed by atoms with Crippen LogP contribution in [0.2, 0.25) is 0 Å². The van der Waals surface area contributed by atoms with Crippen molar-refractivity contribution in [1.82, 2.24) is 9.55 Å². The van der Waals surface area contributed by atoms with Crippen LogP contribution in [0.4, 0.5) is 5.82 Å². The van der Waals surface area contributed by atoms with Gasteiger partial charge in [-0.15, -0.1) is 0 Å². The first-order chi connectivity index (χ1) is 18.0. The molecule has 0 fully saturated rings. The van der Waals surface area contributed by atoms with E-state index in [0.29, 0.717) is 48.9 Å². The van der Waals surface area contributed by atoms with Crippen LogP contribution in [0.5, 0.6) is 11.5 Å². The van der Waals surface area contributed by atoms with Gasteiger partial charge in [0.05, 0.1) is 26.2 Å². The Morgan fingerprint density at radius 3 is 2.51 bits per heavy atom. The summed E-state index contributed by atoms with van der Waals surface area (Å²) in [6, 6.07) is 19.5. The number of aryl methyl sites for hydroxylation is 1. The molecular weight excluding hydrogens is 470 g/mol. The number of rotatable bonds is 8. The molecule has 0 unspecified atom stereocenters. The van der Waals surface area contributed by atoms with Crippen molar-refractivity contribution in [2.75, 3.05) is 25.7 Å². The standard InChI is InChI=1S/C29H29N3O5/c1-19(33)31(14-12-22(25-10-7-15-37-25)20-8-5-4-6-9-20)28-18-24-23-17-27(36-3)26(35-2)16-21(23)11-13-32(24)29(34)30-28/h4-10,15-18,22H,11-14H2,1-3H3/t22-/m0/s1. The third kappa shape index (κ3) is 4.74. The first-order valence-corrected chi connectivity index (χ1v) is 12.2. The van der Waals surface area contributed by atoms with E-state index < -0.39 is 0 Å². The molecule has 1 aliphatic rings. The van der Waals surface area contributed by atoms with E-state index in [1.54, 1.807) is 29.9 Å². The van der Waals surface area contributed by atoms with Gasteiger partial charge in [-0.2, -0.15) is 4.98 Å². The Kier molecular flexibility index (Phi) is 6.81. The number of furan rings is 1. The van der Waals surface area contributed by atoms with Gasteiger partial charge < -0.3 is 13.9 Å². The van der Waals surface area contributed by atoms with E-state index >= 15 is 0 Å². The van der Waals surface area contributed by atoms with Crippen LogP contribution in [-0.2, 0) is 17.8 Å². The number of hydrogen-bond donors (Lipinski definition) is 0. The van der Waals surface area contributed by atoms with Crippen LogP contribution in [0.25, 0.3) is 11.3 Å². The Hall–Kier alpha value is -4.33. The summed E-state index contributed by atoms with van der Waals surface area (Å²) in [7, 11) is 3.18. The third-order valence-electron chi connectivity index (χ3n) is 6.87. The number of methoxy groups -OCH3 is 2. The summed E-state index contributed by atoms with van der Waals surface area (Å²) in [5.74, 6) is 2.14. The fourth-order valence-corrected chi connectivity index (χ4v) is 5.01. The molecule has 2 aromatic carbocycles. The van der Waals surface area contributed by atoms with Gasteiger partial charge in [-0.1, -0.05) is 30.3 Å². The van der Waals surface area contributed by atoms with Gasteiger partial charge in [0.2, 0.25) is 5.91 Å². The number of anilines is 1. The van der Waals surface area contributed by atoms with Gasteiger partial charge in [0.25, 0.3) is 0 Å². The highest BCUT2D eigenvalue weighted by Crippen LogP contribution is 2.38. The van der Waals surface area contributed by atoms with Gasteiger partial charge in [-0.25, -0.2) is 4.79 Å². The lowest BCUT2D eigenvalue weighted by Gasteiger charge is -2.27. The van der Waals surface area contributed by atoms with E-state index in [9.17, 15) is 9.59 Å². The lowest BCUT2D eigenvalue weighted by Crippen LogP contribution is -2.36. The maximum absolute atomic E-state index is 13.1. The summed E-state index contributed by atoms with van der Waals surface area (Å²) in [6.07, 6.45) is 2.92. The molecule has 2 aromatic heterocycles. The molecule has 8 nitrogen and oxygen atoms in total. The number of ether oxygens (including phenoxy) is 2. The number of nitrogens with zero attached hydrogens (tertiary/aromatic N) is 3. The predicted octanol–water partition coefficient (Wildman–Crippen LogP) is 4.65. The monoisotopic (exact) mass is 499 g/mol. The zero-order valence-electron chi connectivity index (χ0n) is 21.1. The zero-order chi connectivity index (χ0) is 25.9. The molecular formula is C29H29N3O5. The minimum absolute atomic E-state index is 0.0470. The van der Waals surface area contributed by atoms with E-state index in [1.807, 2.05) is 60.7 Å². The number of amides is 1. The number of carbonyl (C=O) groups excluding carboxylic acids is 1. The molecule has 1 amide bonds. The highest BCUT2D eigenvalue weighted by atomic mass is 16.5. The van der Waals surface area contributed by atoms with Crippen molar-refractivity contribution in [1.29, 1.82) is 0 Å². The van der Waals surface area contributed by atoms with Crippen LogP contribution >= 0.6 is 0 Å². The largest absolute Gasteiger partial charge is 0.493 e. The van der Waals surface area contributed by atoms with Crippen molar-refractivity contribution < 1.29 is 18.7 Å². The Morgan fingerprint density at radius 1 is 1.08 bits per heavy atom. The fraction of sp³-hybridized carbons (Fsp3) is 0.276. The molecule has 190 valence electrons. The number of benzene rings is 2. The molecule has 0 saturated carbocycles. The van der Waals surface area contributed by atoms with Crippen molar-refractivity contribution in [3.05, 3.63) is 94.3 Å². The first-order valence-electron chi connectivity index (χ1n) is 12.2. The Morgan fingerprint density at radius 2 is 1.84 bits per heavy atom. The van der Waals surface area contributed by atoms with E-state index in [0.717, 1.165) is 22.5 Å². The van der Waals surface area contributed by atoms with E-state index in [4.69, 9.17) is 13.9 Å². The number of aromatic nitrogens is 2. The maximum atomic E-state index is 13.1. The zero-order valence-corrected chi connectivity index (χ0v) is 21.1. The summed E-state index contributed by atoms with van der Waals surface area (Å²) in [6.45, 7) is 2.36. The highest BCUT2D eigenvalue weighted by molar-refractivity contribution is 5.91. The molecule has 0 N–H and O–H groups in total. The van der Waals surface area contributed by atoms with Crippen molar-refractivity contribution >= 4 is 11.7 Å². The Bertz CT molecular complexity index is 1460. The van der Waals surface area contributed by atoms with Crippen LogP contribution in [0, 0.1) is 0 Å². The lowest BCUT2D eigenvalue weighted by atomic mass is 9.93. The Labute approximate surface area is 215 Å². The van der Waals surface area contributed by atoms with E-state index in [2.05, 4.69) is 4.98 Å². The molecule has 1 atom stereocenters. The first kappa shape index (κ1) is 24.4. The molecule has 0 spiro atoms. The molecule has 0 bridgehead atoms. The molecule has 37 heavy (non-hydrogen) atoms. The van der Waals surface area contributed by atoms with Gasteiger partial charge in [-0.3, -0.25) is 14.3 Å². The third-order valence-corrected chi connectivity index (χ3v) is 6.87. The van der Waals surface area contributed by atoms with E-state index in [1.165, 1.54) is 6.92 Å². The normalized spacial score (nSPS) is 12.8. The molecule has 0 radical (unpaired) electrons. The SMILES string of the molecule is COc1cc2c(cc1OC)-c1cc(N(CC[C@@H](c3ccccc3)c3ccco3)C(C)=O)nc(=O)n1CC2. The van der Waals surface area contributed by atoms with Crippen molar-refractivity contribution in [3.63, 3.8) is 0 Å². The summed E-state index contributed by atoms with van der Waals surface area (Å²) >= 11 is 0. The predicted molar refractivity (Wildman–Crippen MR) is 140 cm³/mol. The van der Waals surface area contributed by atoms with E-state index in [-0.39, 0.29) is 17.5 Å². The van der Waals surface area contributed by atoms with Gasteiger partial charge in [0, 0.05) is 37.6 Å². The van der Waals surface area contributed by atoms with Crippen LogP contribution in [0.15, 0.2) is 76.1 Å². The summed E-state index contributed by atoms with van der Waals surface area (Å²) < 4.78 is 18.3. The average Bonchev–Trinajstić information content (AvgIpc) is 3.45. The minimum atomic E-state index is -0.384. The number of carbonyl (C=O) groups is 1.